The van der Waals surface area contributed by atoms with E-state index in [4.69, 9.17) is 25.0 Å². The van der Waals surface area contributed by atoms with E-state index in [0.717, 1.165) is 0 Å². The summed E-state index contributed by atoms with van der Waals surface area (Å²) >= 11 is 0. The van der Waals surface area contributed by atoms with E-state index in [0.29, 0.717) is 0 Å². The number of hydrogen-bond acceptors (Lipinski definition) is 9. The van der Waals surface area contributed by atoms with Gasteiger partial charge in [-0.15, -0.1) is 0 Å². The first kappa shape index (κ1) is 18.9. The van der Waals surface area contributed by atoms with Gasteiger partial charge in [0.2, 0.25) is 5.95 Å². The van der Waals surface area contributed by atoms with Crippen molar-refractivity contribution in [3.8, 4) is 0 Å². The standard InChI is InChI=1S/C12H18N5O8P/c13-12-15-9-6(10(20)16-12)14-4-17(9)11-8(19)7(18)5(25-11)3-24-1-2-26(21,22)23/h4-5,7-8,11,18-19H,1-3H2,(H2,21,22,23)(H3,13,15,16,20)/t5-,7-,8-,11-/m1/s1. The molecular weight excluding hydrogens is 373 g/mol. The van der Waals surface area contributed by atoms with Gasteiger partial charge in [-0.1, -0.05) is 0 Å². The predicted octanol–water partition coefficient (Wildman–Crippen LogP) is -2.48. The number of H-pyrrole nitrogens is 1. The summed E-state index contributed by atoms with van der Waals surface area (Å²) in [5.41, 5.74) is 5.02. The van der Waals surface area contributed by atoms with Crippen molar-refractivity contribution < 1.29 is 34.0 Å². The van der Waals surface area contributed by atoms with Gasteiger partial charge in [-0.3, -0.25) is 18.9 Å². The number of ether oxygens (including phenoxy) is 2. The molecule has 1 aliphatic heterocycles. The number of aliphatic hydroxyl groups is 2. The van der Waals surface area contributed by atoms with E-state index in [1.807, 2.05) is 0 Å². The molecule has 0 spiro atoms. The highest BCUT2D eigenvalue weighted by Gasteiger charge is 2.44. The fraction of sp³-hybridized carbons (Fsp3) is 0.583. The Hall–Kier alpha value is -1.86. The van der Waals surface area contributed by atoms with Gasteiger partial charge in [0, 0.05) is 0 Å². The zero-order chi connectivity index (χ0) is 19.1. The summed E-state index contributed by atoms with van der Waals surface area (Å²) in [6, 6.07) is 0. The van der Waals surface area contributed by atoms with Gasteiger partial charge in [0.1, 0.15) is 18.3 Å². The van der Waals surface area contributed by atoms with Gasteiger partial charge < -0.3 is 35.2 Å². The Bertz CT molecular complexity index is 893. The summed E-state index contributed by atoms with van der Waals surface area (Å²) in [5, 5.41) is 20.3. The monoisotopic (exact) mass is 391 g/mol. The summed E-state index contributed by atoms with van der Waals surface area (Å²) in [6.45, 7) is -0.434. The number of fused-ring (bicyclic) bond motifs is 1. The van der Waals surface area contributed by atoms with Crippen molar-refractivity contribution in [1.29, 1.82) is 0 Å². The van der Waals surface area contributed by atoms with Crippen molar-refractivity contribution in [2.24, 2.45) is 0 Å². The van der Waals surface area contributed by atoms with Gasteiger partial charge in [-0.2, -0.15) is 4.98 Å². The first-order chi connectivity index (χ1) is 12.2. The van der Waals surface area contributed by atoms with Crippen LogP contribution in [0.2, 0.25) is 0 Å². The Morgan fingerprint density at radius 2 is 2.12 bits per heavy atom. The molecule has 0 saturated carbocycles. The van der Waals surface area contributed by atoms with Crippen LogP contribution in [-0.4, -0.2) is 77.2 Å². The molecule has 0 bridgehead atoms. The van der Waals surface area contributed by atoms with Gasteiger partial charge in [0.15, 0.2) is 17.4 Å². The van der Waals surface area contributed by atoms with Crippen molar-refractivity contribution in [3.05, 3.63) is 16.7 Å². The third kappa shape index (κ3) is 3.78. The van der Waals surface area contributed by atoms with Crippen LogP contribution in [0.3, 0.4) is 0 Å². The second-order valence-electron chi connectivity index (χ2n) is 5.78. The van der Waals surface area contributed by atoms with Gasteiger partial charge in [0.25, 0.3) is 5.56 Å². The molecule has 0 unspecified atom stereocenters. The second-order valence-corrected chi connectivity index (χ2v) is 7.56. The molecule has 144 valence electrons. The third-order valence-corrected chi connectivity index (χ3v) is 4.64. The maximum atomic E-state index is 11.8. The molecule has 0 radical (unpaired) electrons. The van der Waals surface area contributed by atoms with Crippen molar-refractivity contribution in [2.75, 3.05) is 25.1 Å². The summed E-state index contributed by atoms with van der Waals surface area (Å²) in [6.07, 6.45) is -4.00. The van der Waals surface area contributed by atoms with E-state index in [1.54, 1.807) is 0 Å². The molecule has 26 heavy (non-hydrogen) atoms. The number of rotatable bonds is 6. The van der Waals surface area contributed by atoms with E-state index < -0.39 is 43.9 Å². The molecule has 3 heterocycles. The number of nitrogen functional groups attached to an aromatic ring is 1. The average molecular weight is 391 g/mol. The van der Waals surface area contributed by atoms with Crippen LogP contribution in [0, 0.1) is 0 Å². The zero-order valence-electron chi connectivity index (χ0n) is 13.3. The highest BCUT2D eigenvalue weighted by atomic mass is 31.2. The van der Waals surface area contributed by atoms with Gasteiger partial charge in [0.05, 0.1) is 25.7 Å². The molecule has 4 atom stereocenters. The molecular formula is C12H18N5O8P. The molecule has 0 aliphatic carbocycles. The number of nitrogens with zero attached hydrogens (tertiary/aromatic N) is 3. The second kappa shape index (κ2) is 7.04. The molecule has 1 saturated heterocycles. The Balaban J connectivity index is 1.74. The number of aromatic nitrogens is 4. The lowest BCUT2D eigenvalue weighted by atomic mass is 10.1. The van der Waals surface area contributed by atoms with E-state index in [9.17, 15) is 19.6 Å². The highest BCUT2D eigenvalue weighted by molar-refractivity contribution is 7.51. The molecule has 7 N–H and O–H groups in total. The Morgan fingerprint density at radius 3 is 2.81 bits per heavy atom. The summed E-state index contributed by atoms with van der Waals surface area (Å²) in [4.78, 5) is 39.5. The van der Waals surface area contributed by atoms with Crippen LogP contribution in [0.5, 0.6) is 0 Å². The molecule has 14 heteroatoms. The van der Waals surface area contributed by atoms with E-state index in [2.05, 4.69) is 15.0 Å². The highest BCUT2D eigenvalue weighted by Crippen LogP contribution is 2.34. The van der Waals surface area contributed by atoms with Crippen molar-refractivity contribution in [1.82, 2.24) is 19.5 Å². The summed E-state index contributed by atoms with van der Waals surface area (Å²) in [5.74, 6) is -0.144. The topological polar surface area (TPSA) is 206 Å². The first-order valence-electron chi connectivity index (χ1n) is 7.53. The molecule has 0 aromatic carbocycles. The fourth-order valence-electron chi connectivity index (χ4n) is 2.61. The van der Waals surface area contributed by atoms with Crippen LogP contribution >= 0.6 is 7.60 Å². The first-order valence-corrected chi connectivity index (χ1v) is 9.33. The molecule has 1 aliphatic rings. The Labute approximate surface area is 145 Å². The lowest BCUT2D eigenvalue weighted by molar-refractivity contribution is -0.0638. The normalized spacial score (nSPS) is 26.6. The zero-order valence-corrected chi connectivity index (χ0v) is 14.2. The van der Waals surface area contributed by atoms with Crippen molar-refractivity contribution in [3.63, 3.8) is 0 Å². The molecule has 0 amide bonds. The fourth-order valence-corrected chi connectivity index (χ4v) is 2.98. The maximum absolute atomic E-state index is 11.8. The van der Waals surface area contributed by atoms with Gasteiger partial charge >= 0.3 is 7.60 Å². The summed E-state index contributed by atoms with van der Waals surface area (Å²) in [7, 11) is -4.19. The summed E-state index contributed by atoms with van der Waals surface area (Å²) < 4.78 is 22.7. The van der Waals surface area contributed by atoms with Crippen LogP contribution in [-0.2, 0) is 14.0 Å². The minimum absolute atomic E-state index is 0.00849. The lowest BCUT2D eigenvalue weighted by Gasteiger charge is -2.16. The minimum atomic E-state index is -4.19. The predicted molar refractivity (Wildman–Crippen MR) is 86.2 cm³/mol. The molecule has 2 aromatic rings. The largest absolute Gasteiger partial charge is 0.387 e. The third-order valence-electron chi connectivity index (χ3n) is 3.87. The SMILES string of the molecule is Nc1nc2c(ncn2[C@@H]2O[C@H](COCCP(=O)(O)O)[C@@H](O)[C@H]2O)c(=O)[nH]1. The number of aromatic amines is 1. The van der Waals surface area contributed by atoms with Crippen LogP contribution < -0.4 is 11.3 Å². The van der Waals surface area contributed by atoms with E-state index in [-0.39, 0.29) is 30.3 Å². The number of imidazole rings is 1. The number of aliphatic hydroxyl groups excluding tert-OH is 2. The van der Waals surface area contributed by atoms with Crippen LogP contribution in [0.15, 0.2) is 11.1 Å². The Morgan fingerprint density at radius 1 is 1.38 bits per heavy atom. The van der Waals surface area contributed by atoms with Gasteiger partial charge in [-0.25, -0.2) is 4.98 Å². The number of anilines is 1. The minimum Gasteiger partial charge on any atom is -0.387 e. The smallest absolute Gasteiger partial charge is 0.327 e. The number of hydrogen-bond donors (Lipinski definition) is 6. The van der Waals surface area contributed by atoms with Crippen molar-refractivity contribution in [2.45, 2.75) is 24.5 Å². The Kier molecular flexibility index (Phi) is 5.12. The average Bonchev–Trinajstić information content (AvgIpc) is 3.06. The van der Waals surface area contributed by atoms with E-state index >= 15 is 0 Å². The number of nitrogens with one attached hydrogen (secondary N) is 1. The van der Waals surface area contributed by atoms with E-state index in [1.165, 1.54) is 10.9 Å². The molecule has 1 fully saturated rings. The maximum Gasteiger partial charge on any atom is 0.327 e. The molecule has 2 aromatic heterocycles. The lowest BCUT2D eigenvalue weighted by Crippen LogP contribution is -2.34. The van der Waals surface area contributed by atoms with Crippen LogP contribution in [0.25, 0.3) is 11.2 Å². The van der Waals surface area contributed by atoms with Crippen LogP contribution in [0.4, 0.5) is 5.95 Å². The number of nitrogens with two attached hydrogens (primary N) is 1. The van der Waals surface area contributed by atoms with Gasteiger partial charge in [-0.05, 0) is 0 Å². The van der Waals surface area contributed by atoms with Crippen LogP contribution in [0.1, 0.15) is 6.23 Å². The van der Waals surface area contributed by atoms with Crippen molar-refractivity contribution >= 4 is 24.7 Å². The molecule has 3 rings (SSSR count). The molecule has 13 nitrogen and oxygen atoms in total. The quantitative estimate of drug-likeness (QED) is 0.224.